The highest BCUT2D eigenvalue weighted by atomic mass is 35.5. The summed E-state index contributed by atoms with van der Waals surface area (Å²) in [4.78, 5) is 28.1. The molecule has 192 valence electrons. The number of benzene rings is 2. The molecule has 2 heterocycles. The first kappa shape index (κ1) is 26.5. The second-order valence-electron chi connectivity index (χ2n) is 7.86. The van der Waals surface area contributed by atoms with Crippen molar-refractivity contribution in [1.82, 2.24) is 10.3 Å². The molecule has 0 atom stereocenters. The number of hydrogen-bond acceptors (Lipinski definition) is 7. The Balaban J connectivity index is 1.42. The number of aryl methyl sites for hydroxylation is 1. The monoisotopic (exact) mass is 560 g/mol. The van der Waals surface area contributed by atoms with Gasteiger partial charge in [0.15, 0.2) is 6.61 Å². The fourth-order valence-corrected chi connectivity index (χ4v) is 4.92. The molecule has 0 spiro atoms. The fourth-order valence-electron chi connectivity index (χ4n) is 3.46. The Morgan fingerprint density at radius 2 is 1.89 bits per heavy atom. The number of aromatic nitrogens is 1. The summed E-state index contributed by atoms with van der Waals surface area (Å²) in [6, 6.07) is 16.1. The summed E-state index contributed by atoms with van der Waals surface area (Å²) in [5.74, 6) is 0.568. The molecule has 4 aromatic rings. The minimum Gasteiger partial charge on any atom is -0.493 e. The molecule has 4 rings (SSSR count). The van der Waals surface area contributed by atoms with Crippen molar-refractivity contribution in [3.8, 4) is 23.0 Å². The van der Waals surface area contributed by atoms with E-state index in [9.17, 15) is 9.59 Å². The lowest BCUT2D eigenvalue weighted by Crippen LogP contribution is -2.23. The van der Waals surface area contributed by atoms with Crippen LogP contribution in [0.15, 0.2) is 59.0 Å². The molecule has 0 unspecified atom stereocenters. The molecule has 0 aliphatic heterocycles. The highest BCUT2D eigenvalue weighted by Crippen LogP contribution is 2.31. The number of halogens is 2. The van der Waals surface area contributed by atoms with Gasteiger partial charge in [-0.3, -0.25) is 4.79 Å². The van der Waals surface area contributed by atoms with Crippen molar-refractivity contribution in [2.24, 2.45) is 0 Å². The maximum Gasteiger partial charge on any atom is 0.341 e. The molecular weight excluding hydrogens is 539 g/mol. The third-order valence-corrected chi connectivity index (χ3v) is 6.73. The molecule has 11 heteroatoms. The molecule has 0 saturated heterocycles. The SMILES string of the molecule is Cc1oc(-c2ccccc2)nc1CCOc1ccc(OCC(=O)O)c(CNC(=O)c2cc(Cl)sc2Cl)c1. The topological polar surface area (TPSA) is 111 Å². The third kappa shape index (κ3) is 7.03. The van der Waals surface area contributed by atoms with E-state index in [-0.39, 0.29) is 16.4 Å². The number of nitrogens with one attached hydrogen (secondary N) is 1. The van der Waals surface area contributed by atoms with Crippen LogP contribution >= 0.6 is 34.5 Å². The molecule has 0 fully saturated rings. The number of hydrogen-bond donors (Lipinski definition) is 2. The second kappa shape index (κ2) is 12.1. The molecular formula is C26H22Cl2N2O6S. The number of aliphatic carboxylic acids is 1. The van der Waals surface area contributed by atoms with Gasteiger partial charge in [0.2, 0.25) is 5.89 Å². The maximum atomic E-state index is 12.6. The highest BCUT2D eigenvalue weighted by molar-refractivity contribution is 7.20. The largest absolute Gasteiger partial charge is 0.493 e. The predicted octanol–water partition coefficient (Wildman–Crippen LogP) is 6.03. The number of ether oxygens (including phenoxy) is 2. The van der Waals surface area contributed by atoms with Crippen LogP contribution in [0.1, 0.15) is 27.4 Å². The first-order chi connectivity index (χ1) is 17.8. The Bertz CT molecular complexity index is 1400. The lowest BCUT2D eigenvalue weighted by atomic mass is 10.1. The number of carbonyl (C=O) groups excluding carboxylic acids is 1. The Morgan fingerprint density at radius 1 is 1.11 bits per heavy atom. The van der Waals surface area contributed by atoms with Crippen LogP contribution in [0.4, 0.5) is 0 Å². The summed E-state index contributed by atoms with van der Waals surface area (Å²) in [6.45, 7) is 1.71. The van der Waals surface area contributed by atoms with E-state index in [0.29, 0.717) is 40.3 Å². The van der Waals surface area contributed by atoms with Crippen molar-refractivity contribution in [2.75, 3.05) is 13.2 Å². The summed E-state index contributed by atoms with van der Waals surface area (Å²) in [7, 11) is 0. The number of nitrogens with zero attached hydrogens (tertiary/aromatic N) is 1. The van der Waals surface area contributed by atoms with Gasteiger partial charge in [-0.15, -0.1) is 11.3 Å². The number of carbonyl (C=O) groups is 2. The number of amides is 1. The van der Waals surface area contributed by atoms with Gasteiger partial charge in [-0.1, -0.05) is 41.4 Å². The van der Waals surface area contributed by atoms with Gasteiger partial charge in [-0.05, 0) is 43.3 Å². The van der Waals surface area contributed by atoms with Crippen molar-refractivity contribution in [3.63, 3.8) is 0 Å². The molecule has 2 aromatic carbocycles. The Labute approximate surface area is 226 Å². The van der Waals surface area contributed by atoms with E-state index >= 15 is 0 Å². The molecule has 0 aliphatic rings. The Kier molecular flexibility index (Phi) is 8.70. The zero-order valence-corrected chi connectivity index (χ0v) is 22.0. The molecule has 37 heavy (non-hydrogen) atoms. The standard InChI is InChI=1S/C26H22Cl2N2O6S/c1-15-20(30-26(36-15)16-5-3-2-4-6-16)9-10-34-18-7-8-21(35-14-23(31)32)17(11-18)13-29-25(33)19-12-22(27)37-24(19)28/h2-8,11-12H,9-10,13-14H2,1H3,(H,29,33)(H,31,32). The van der Waals surface area contributed by atoms with Gasteiger partial charge < -0.3 is 24.3 Å². The highest BCUT2D eigenvalue weighted by Gasteiger charge is 2.16. The fraction of sp³-hybridized carbons (Fsp3) is 0.192. The molecule has 0 saturated carbocycles. The van der Waals surface area contributed by atoms with Crippen molar-refractivity contribution in [1.29, 1.82) is 0 Å². The van der Waals surface area contributed by atoms with E-state index < -0.39 is 18.5 Å². The smallest absolute Gasteiger partial charge is 0.341 e. The van der Waals surface area contributed by atoms with Crippen LogP contribution in [0.25, 0.3) is 11.5 Å². The van der Waals surface area contributed by atoms with Crippen LogP contribution < -0.4 is 14.8 Å². The van der Waals surface area contributed by atoms with Crippen molar-refractivity contribution in [3.05, 3.63) is 85.9 Å². The van der Waals surface area contributed by atoms with Crippen molar-refractivity contribution in [2.45, 2.75) is 19.9 Å². The van der Waals surface area contributed by atoms with Gasteiger partial charge >= 0.3 is 5.97 Å². The Hall–Kier alpha value is -3.53. The summed E-state index contributed by atoms with van der Waals surface area (Å²) in [6.07, 6.45) is 0.517. The van der Waals surface area contributed by atoms with Gasteiger partial charge in [0, 0.05) is 24.1 Å². The van der Waals surface area contributed by atoms with Gasteiger partial charge in [0.25, 0.3) is 5.91 Å². The Morgan fingerprint density at radius 3 is 2.59 bits per heavy atom. The first-order valence-electron chi connectivity index (χ1n) is 11.1. The lowest BCUT2D eigenvalue weighted by molar-refractivity contribution is -0.139. The third-order valence-electron chi connectivity index (χ3n) is 5.24. The number of thiophene rings is 1. The molecule has 0 aliphatic carbocycles. The second-order valence-corrected chi connectivity index (χ2v) is 10.1. The van der Waals surface area contributed by atoms with Crippen LogP contribution in [-0.2, 0) is 17.8 Å². The number of carboxylic acids is 1. The first-order valence-corrected chi connectivity index (χ1v) is 12.7. The van der Waals surface area contributed by atoms with E-state index in [2.05, 4.69) is 10.3 Å². The number of rotatable bonds is 11. The summed E-state index contributed by atoms with van der Waals surface area (Å²) >= 11 is 13.1. The average molecular weight is 561 g/mol. The van der Waals surface area contributed by atoms with Crippen LogP contribution in [0.3, 0.4) is 0 Å². The molecule has 1 amide bonds. The summed E-state index contributed by atoms with van der Waals surface area (Å²) < 4.78 is 17.8. The van der Waals surface area contributed by atoms with E-state index in [4.69, 9.17) is 42.2 Å². The maximum absolute atomic E-state index is 12.6. The van der Waals surface area contributed by atoms with Crippen LogP contribution in [0.2, 0.25) is 8.67 Å². The van der Waals surface area contributed by atoms with Crippen molar-refractivity contribution >= 4 is 46.4 Å². The van der Waals surface area contributed by atoms with Gasteiger partial charge in [-0.25, -0.2) is 9.78 Å². The van der Waals surface area contributed by atoms with Crippen molar-refractivity contribution < 1.29 is 28.6 Å². The quantitative estimate of drug-likeness (QED) is 0.230. The summed E-state index contributed by atoms with van der Waals surface area (Å²) in [5.41, 5.74) is 2.48. The molecule has 8 nitrogen and oxygen atoms in total. The molecule has 2 N–H and O–H groups in total. The number of oxazole rings is 1. The minimum atomic E-state index is -1.12. The normalized spacial score (nSPS) is 10.8. The zero-order chi connectivity index (χ0) is 26.4. The van der Waals surface area contributed by atoms with Gasteiger partial charge in [-0.2, -0.15) is 0 Å². The van der Waals surface area contributed by atoms with Crippen LogP contribution in [0.5, 0.6) is 11.5 Å². The van der Waals surface area contributed by atoms with Gasteiger partial charge in [0.05, 0.1) is 22.2 Å². The van der Waals surface area contributed by atoms with E-state index in [1.807, 2.05) is 37.3 Å². The summed E-state index contributed by atoms with van der Waals surface area (Å²) in [5, 5.41) is 11.7. The van der Waals surface area contributed by atoms with E-state index in [1.54, 1.807) is 18.2 Å². The zero-order valence-electron chi connectivity index (χ0n) is 19.6. The number of carboxylic acid groups (broad SMARTS) is 1. The van der Waals surface area contributed by atoms with Crippen LogP contribution in [0, 0.1) is 6.92 Å². The predicted molar refractivity (Wildman–Crippen MR) is 141 cm³/mol. The van der Waals surface area contributed by atoms with Crippen LogP contribution in [-0.4, -0.2) is 35.2 Å². The molecule has 0 bridgehead atoms. The molecule has 2 aromatic heterocycles. The van der Waals surface area contributed by atoms with Gasteiger partial charge in [0.1, 0.15) is 21.6 Å². The molecule has 0 radical (unpaired) electrons. The lowest BCUT2D eigenvalue weighted by Gasteiger charge is -2.14. The average Bonchev–Trinajstić information content (AvgIpc) is 3.42. The van der Waals surface area contributed by atoms with E-state index in [0.717, 1.165) is 28.4 Å². The van der Waals surface area contributed by atoms with E-state index in [1.165, 1.54) is 6.07 Å². The minimum absolute atomic E-state index is 0.0532.